The zero-order valence-corrected chi connectivity index (χ0v) is 12.8. The minimum atomic E-state index is -0.350. The summed E-state index contributed by atoms with van der Waals surface area (Å²) in [6, 6.07) is 13.4. The number of anilines is 1. The normalized spacial score (nSPS) is 10.4. The molecule has 1 aromatic carbocycles. The van der Waals surface area contributed by atoms with E-state index in [-0.39, 0.29) is 17.2 Å². The molecule has 0 aliphatic heterocycles. The molecule has 0 bridgehead atoms. The number of nitrogens with one attached hydrogen (secondary N) is 2. The predicted octanol–water partition coefficient (Wildman–Crippen LogP) is 3.04. The van der Waals surface area contributed by atoms with Crippen LogP contribution in [0.2, 0.25) is 0 Å². The summed E-state index contributed by atoms with van der Waals surface area (Å²) in [5.74, 6) is -0.142. The van der Waals surface area contributed by atoms with Crippen molar-refractivity contribution in [1.29, 1.82) is 0 Å². The van der Waals surface area contributed by atoms with Gasteiger partial charge in [-0.15, -0.1) is 0 Å². The average molecular weight is 360 g/mol. The number of aromatic amines is 1. The first-order chi connectivity index (χ1) is 10.6. The zero-order chi connectivity index (χ0) is 15.5. The first-order valence-electron chi connectivity index (χ1n) is 6.35. The number of halogens is 1. The molecule has 3 aromatic rings. The highest BCUT2D eigenvalue weighted by molar-refractivity contribution is 9.10. The number of rotatable bonds is 3. The van der Waals surface area contributed by atoms with E-state index in [0.717, 1.165) is 5.56 Å². The van der Waals surface area contributed by atoms with Gasteiger partial charge in [-0.1, -0.05) is 12.1 Å². The molecule has 0 atom stereocenters. The second-order valence-electron chi connectivity index (χ2n) is 4.45. The van der Waals surface area contributed by atoms with Crippen LogP contribution in [0.15, 0.2) is 62.4 Å². The van der Waals surface area contributed by atoms with E-state index in [2.05, 4.69) is 31.4 Å². The Morgan fingerprint density at radius 2 is 2.05 bits per heavy atom. The fourth-order valence-corrected chi connectivity index (χ4v) is 2.20. The number of hydrogen-bond acceptors (Lipinski definition) is 4. The minimum Gasteiger partial charge on any atom is -0.444 e. The largest absolute Gasteiger partial charge is 0.444 e. The van der Waals surface area contributed by atoms with Crippen molar-refractivity contribution in [1.82, 2.24) is 10.2 Å². The van der Waals surface area contributed by atoms with Gasteiger partial charge in [0.05, 0.1) is 5.69 Å². The summed E-state index contributed by atoms with van der Waals surface area (Å²) in [6.07, 6.45) is 0. The maximum absolute atomic E-state index is 12.0. The van der Waals surface area contributed by atoms with Crippen LogP contribution >= 0.6 is 15.9 Å². The molecule has 0 spiro atoms. The summed E-state index contributed by atoms with van der Waals surface area (Å²) in [7, 11) is 0. The molecule has 2 heterocycles. The molecular formula is C15H10BrN3O3. The number of amides is 1. The highest BCUT2D eigenvalue weighted by Gasteiger charge is 2.11. The third-order valence-electron chi connectivity index (χ3n) is 2.89. The monoisotopic (exact) mass is 359 g/mol. The summed E-state index contributed by atoms with van der Waals surface area (Å²) in [6.45, 7) is 0. The highest BCUT2D eigenvalue weighted by atomic mass is 79.9. The molecule has 3 rings (SSSR count). The maximum Gasteiger partial charge on any atom is 0.291 e. The Morgan fingerprint density at radius 1 is 1.18 bits per heavy atom. The van der Waals surface area contributed by atoms with Crippen molar-refractivity contribution in [3.05, 3.63) is 69.3 Å². The average Bonchev–Trinajstić information content (AvgIpc) is 2.95. The fourth-order valence-electron chi connectivity index (χ4n) is 1.89. The van der Waals surface area contributed by atoms with Gasteiger partial charge in [0.15, 0.2) is 10.4 Å². The number of carbonyl (C=O) groups excluding carboxylic acids is 1. The van der Waals surface area contributed by atoms with Gasteiger partial charge in [-0.3, -0.25) is 9.59 Å². The number of nitrogens with zero attached hydrogens (tertiary/aromatic N) is 1. The van der Waals surface area contributed by atoms with E-state index in [1.54, 1.807) is 36.4 Å². The van der Waals surface area contributed by atoms with Gasteiger partial charge in [-0.05, 0) is 46.3 Å². The van der Waals surface area contributed by atoms with Crippen LogP contribution in [0.25, 0.3) is 11.3 Å². The van der Waals surface area contributed by atoms with Gasteiger partial charge < -0.3 is 9.73 Å². The second kappa shape index (κ2) is 5.98. The van der Waals surface area contributed by atoms with E-state index >= 15 is 0 Å². The lowest BCUT2D eigenvalue weighted by Crippen LogP contribution is -2.11. The SMILES string of the molecule is O=C(Nc1cccc(-c2ccc(=O)[nH]n2)c1)c1ccc(Br)o1. The van der Waals surface area contributed by atoms with Crippen molar-refractivity contribution in [2.24, 2.45) is 0 Å². The molecule has 22 heavy (non-hydrogen) atoms. The van der Waals surface area contributed by atoms with Gasteiger partial charge in [0, 0.05) is 17.3 Å². The first-order valence-corrected chi connectivity index (χ1v) is 7.14. The molecule has 0 saturated heterocycles. The highest BCUT2D eigenvalue weighted by Crippen LogP contribution is 2.21. The van der Waals surface area contributed by atoms with Gasteiger partial charge in [-0.25, -0.2) is 5.10 Å². The molecular weight excluding hydrogens is 350 g/mol. The van der Waals surface area contributed by atoms with Gasteiger partial charge >= 0.3 is 0 Å². The quantitative estimate of drug-likeness (QED) is 0.752. The van der Waals surface area contributed by atoms with E-state index < -0.39 is 0 Å². The van der Waals surface area contributed by atoms with Crippen molar-refractivity contribution < 1.29 is 9.21 Å². The van der Waals surface area contributed by atoms with Crippen LogP contribution in [0.5, 0.6) is 0 Å². The minimum absolute atomic E-state index is 0.208. The molecule has 0 saturated carbocycles. The number of aromatic nitrogens is 2. The molecule has 0 fully saturated rings. The van der Waals surface area contributed by atoms with Crippen molar-refractivity contribution in [2.45, 2.75) is 0 Å². The summed E-state index contributed by atoms with van der Waals surface area (Å²) in [5.41, 5.74) is 1.71. The lowest BCUT2D eigenvalue weighted by Gasteiger charge is -2.05. The van der Waals surface area contributed by atoms with Crippen LogP contribution in [-0.4, -0.2) is 16.1 Å². The lowest BCUT2D eigenvalue weighted by atomic mass is 10.1. The molecule has 0 aliphatic rings. The third-order valence-corrected chi connectivity index (χ3v) is 3.32. The first kappa shape index (κ1) is 14.3. The standard InChI is InChI=1S/C15H10BrN3O3/c16-13-6-5-12(22-13)15(21)17-10-3-1-2-9(8-10)11-4-7-14(20)19-18-11/h1-8H,(H,17,21)(H,19,20). The van der Waals surface area contributed by atoms with Crippen LogP contribution in [0.4, 0.5) is 5.69 Å². The number of hydrogen-bond donors (Lipinski definition) is 2. The van der Waals surface area contributed by atoms with Gasteiger partial charge in [0.1, 0.15) is 0 Å². The summed E-state index contributed by atoms with van der Waals surface area (Å²) >= 11 is 3.15. The van der Waals surface area contributed by atoms with E-state index in [9.17, 15) is 9.59 Å². The zero-order valence-electron chi connectivity index (χ0n) is 11.2. The molecule has 7 heteroatoms. The van der Waals surface area contributed by atoms with Crippen molar-refractivity contribution in [2.75, 3.05) is 5.32 Å². The summed E-state index contributed by atoms with van der Waals surface area (Å²) in [4.78, 5) is 23.1. The van der Waals surface area contributed by atoms with Crippen LogP contribution in [0.1, 0.15) is 10.6 Å². The Morgan fingerprint density at radius 3 is 2.73 bits per heavy atom. The van der Waals surface area contributed by atoms with Gasteiger partial charge in [0.2, 0.25) is 0 Å². The molecule has 6 nitrogen and oxygen atoms in total. The summed E-state index contributed by atoms with van der Waals surface area (Å²) in [5, 5.41) is 9.07. The predicted molar refractivity (Wildman–Crippen MR) is 84.7 cm³/mol. The molecule has 0 unspecified atom stereocenters. The Kier molecular flexibility index (Phi) is 3.88. The number of H-pyrrole nitrogens is 1. The van der Waals surface area contributed by atoms with Crippen molar-refractivity contribution >= 4 is 27.5 Å². The van der Waals surface area contributed by atoms with Crippen LogP contribution < -0.4 is 10.9 Å². The Balaban J connectivity index is 1.83. The van der Waals surface area contributed by atoms with E-state index in [4.69, 9.17) is 4.42 Å². The molecule has 1 amide bonds. The van der Waals surface area contributed by atoms with Crippen molar-refractivity contribution in [3.8, 4) is 11.3 Å². The van der Waals surface area contributed by atoms with Gasteiger partial charge in [0.25, 0.3) is 11.5 Å². The Labute approximate surface area is 133 Å². The fraction of sp³-hybridized carbons (Fsp3) is 0. The molecule has 2 N–H and O–H groups in total. The van der Waals surface area contributed by atoms with Crippen LogP contribution in [0, 0.1) is 0 Å². The van der Waals surface area contributed by atoms with Crippen molar-refractivity contribution in [3.63, 3.8) is 0 Å². The molecule has 2 aromatic heterocycles. The lowest BCUT2D eigenvalue weighted by molar-refractivity contribution is 0.0995. The van der Waals surface area contributed by atoms with Gasteiger partial charge in [-0.2, -0.15) is 5.10 Å². The molecule has 0 aliphatic carbocycles. The maximum atomic E-state index is 12.0. The van der Waals surface area contributed by atoms with E-state index in [1.165, 1.54) is 6.07 Å². The molecule has 0 radical (unpaired) electrons. The number of benzene rings is 1. The topological polar surface area (TPSA) is 88.0 Å². The van der Waals surface area contributed by atoms with Crippen LogP contribution in [0.3, 0.4) is 0 Å². The third kappa shape index (κ3) is 3.15. The van der Waals surface area contributed by atoms with Crippen LogP contribution in [-0.2, 0) is 0 Å². The number of carbonyl (C=O) groups is 1. The summed E-state index contributed by atoms with van der Waals surface area (Å²) < 4.78 is 5.69. The van der Waals surface area contributed by atoms with E-state index in [1.807, 2.05) is 6.07 Å². The Hall–Kier alpha value is -2.67. The van der Waals surface area contributed by atoms with E-state index in [0.29, 0.717) is 16.1 Å². The molecule has 110 valence electrons. The number of furan rings is 1. The smallest absolute Gasteiger partial charge is 0.291 e. The Bertz CT molecular complexity index is 865. The second-order valence-corrected chi connectivity index (χ2v) is 5.23.